The summed E-state index contributed by atoms with van der Waals surface area (Å²) in [5.41, 5.74) is -0.507. The minimum atomic E-state index is -0.507. The highest BCUT2D eigenvalue weighted by atomic mass is 16.6. The van der Waals surface area contributed by atoms with Crippen molar-refractivity contribution in [3.63, 3.8) is 0 Å². The van der Waals surface area contributed by atoms with Gasteiger partial charge in [0.05, 0.1) is 13.2 Å². The topological polar surface area (TPSA) is 56.8 Å². The van der Waals surface area contributed by atoms with Crippen LogP contribution in [0.5, 0.6) is 11.5 Å². The largest absolute Gasteiger partial charge is 0.493 e. The quantitative estimate of drug-likeness (QED) is 0.546. The second-order valence-electron chi connectivity index (χ2n) is 8.04. The zero-order valence-corrected chi connectivity index (χ0v) is 17.8. The third-order valence-corrected chi connectivity index (χ3v) is 3.96. The Morgan fingerprint density at radius 3 is 2.33 bits per heavy atom. The van der Waals surface area contributed by atoms with E-state index in [1.165, 1.54) is 25.7 Å². The Morgan fingerprint density at radius 1 is 1.11 bits per heavy atom. The lowest BCUT2D eigenvalue weighted by Gasteiger charge is -2.21. The first-order valence-corrected chi connectivity index (χ1v) is 10.1. The van der Waals surface area contributed by atoms with Crippen molar-refractivity contribution >= 4 is 6.09 Å². The lowest BCUT2D eigenvalue weighted by atomic mass is 9.99. The van der Waals surface area contributed by atoms with Crippen LogP contribution in [-0.4, -0.2) is 30.9 Å². The van der Waals surface area contributed by atoms with Gasteiger partial charge >= 0.3 is 6.09 Å². The van der Waals surface area contributed by atoms with Gasteiger partial charge in [-0.3, -0.25) is 0 Å². The lowest BCUT2D eigenvalue weighted by Crippen LogP contribution is -2.37. The SMILES string of the molecule is CCCC(CCC)COc1cccc(OC(C)CNC(=O)OC(C)(C)C)c1. The Hall–Kier alpha value is -1.91. The number of alkyl carbamates (subject to hydrolysis) is 1. The fourth-order valence-corrected chi connectivity index (χ4v) is 2.79. The number of amides is 1. The van der Waals surface area contributed by atoms with Crippen LogP contribution in [0.4, 0.5) is 4.79 Å². The molecular formula is C22H37NO4. The predicted octanol–water partition coefficient (Wildman–Crippen LogP) is 5.57. The Balaban J connectivity index is 2.47. The summed E-state index contributed by atoms with van der Waals surface area (Å²) in [5.74, 6) is 2.15. The molecule has 1 atom stereocenters. The molecular weight excluding hydrogens is 342 g/mol. The van der Waals surface area contributed by atoms with Gasteiger partial charge in [0.15, 0.2) is 0 Å². The monoisotopic (exact) mass is 379 g/mol. The maximum atomic E-state index is 11.7. The molecule has 5 heteroatoms. The second-order valence-corrected chi connectivity index (χ2v) is 8.04. The van der Waals surface area contributed by atoms with Gasteiger partial charge in [0.1, 0.15) is 23.2 Å². The van der Waals surface area contributed by atoms with Crippen LogP contribution in [0, 0.1) is 5.92 Å². The predicted molar refractivity (Wildman–Crippen MR) is 110 cm³/mol. The van der Waals surface area contributed by atoms with Crippen LogP contribution in [-0.2, 0) is 4.74 Å². The maximum Gasteiger partial charge on any atom is 0.407 e. The highest BCUT2D eigenvalue weighted by Crippen LogP contribution is 2.22. The molecule has 0 radical (unpaired) electrons. The normalized spacial score (nSPS) is 12.6. The van der Waals surface area contributed by atoms with E-state index in [9.17, 15) is 4.79 Å². The van der Waals surface area contributed by atoms with E-state index in [4.69, 9.17) is 14.2 Å². The minimum Gasteiger partial charge on any atom is -0.493 e. The molecule has 154 valence electrons. The molecule has 0 heterocycles. The van der Waals surface area contributed by atoms with Crippen LogP contribution in [0.25, 0.3) is 0 Å². The average molecular weight is 380 g/mol. The molecule has 0 aliphatic rings. The summed E-state index contributed by atoms with van der Waals surface area (Å²) >= 11 is 0. The second kappa shape index (κ2) is 11.7. The van der Waals surface area contributed by atoms with Crippen molar-refractivity contribution in [2.75, 3.05) is 13.2 Å². The number of carbonyl (C=O) groups excluding carboxylic acids is 1. The molecule has 27 heavy (non-hydrogen) atoms. The number of benzene rings is 1. The molecule has 0 bridgehead atoms. The van der Waals surface area contributed by atoms with Crippen molar-refractivity contribution in [1.82, 2.24) is 5.32 Å². The smallest absolute Gasteiger partial charge is 0.407 e. The lowest BCUT2D eigenvalue weighted by molar-refractivity contribution is 0.0505. The van der Waals surface area contributed by atoms with E-state index in [1.54, 1.807) is 0 Å². The number of hydrogen-bond donors (Lipinski definition) is 1. The average Bonchev–Trinajstić information content (AvgIpc) is 2.57. The summed E-state index contributed by atoms with van der Waals surface area (Å²) < 4.78 is 17.1. The molecule has 0 fully saturated rings. The van der Waals surface area contributed by atoms with Crippen LogP contribution in [0.2, 0.25) is 0 Å². The van der Waals surface area contributed by atoms with Crippen LogP contribution in [0.3, 0.4) is 0 Å². The molecule has 0 aliphatic carbocycles. The van der Waals surface area contributed by atoms with Gasteiger partial charge in [-0.15, -0.1) is 0 Å². The first-order valence-electron chi connectivity index (χ1n) is 10.1. The van der Waals surface area contributed by atoms with Gasteiger partial charge in [-0.2, -0.15) is 0 Å². The third kappa shape index (κ3) is 10.7. The molecule has 0 aromatic heterocycles. The van der Waals surface area contributed by atoms with Gasteiger partial charge in [-0.25, -0.2) is 4.79 Å². The van der Waals surface area contributed by atoms with Crippen molar-refractivity contribution in [2.45, 2.75) is 78.9 Å². The summed E-state index contributed by atoms with van der Waals surface area (Å²) in [5, 5.41) is 2.72. The minimum absolute atomic E-state index is 0.180. The van der Waals surface area contributed by atoms with E-state index in [2.05, 4.69) is 19.2 Å². The van der Waals surface area contributed by atoms with E-state index in [0.717, 1.165) is 18.1 Å². The summed E-state index contributed by atoms with van der Waals surface area (Å²) in [6, 6.07) is 7.67. The Kier molecular flexibility index (Phi) is 10.0. The number of nitrogens with one attached hydrogen (secondary N) is 1. The highest BCUT2D eigenvalue weighted by molar-refractivity contribution is 5.67. The molecule has 1 unspecified atom stereocenters. The van der Waals surface area contributed by atoms with E-state index >= 15 is 0 Å². The fourth-order valence-electron chi connectivity index (χ4n) is 2.79. The van der Waals surface area contributed by atoms with Crippen molar-refractivity contribution in [3.8, 4) is 11.5 Å². The molecule has 1 N–H and O–H groups in total. The van der Waals surface area contributed by atoms with E-state index in [-0.39, 0.29) is 6.10 Å². The fraction of sp³-hybridized carbons (Fsp3) is 0.682. The standard InChI is InChI=1S/C22H37NO4/c1-7-10-18(11-8-2)16-25-19-12-9-13-20(14-19)26-17(3)15-23-21(24)27-22(4,5)6/h9,12-14,17-18H,7-8,10-11,15-16H2,1-6H3,(H,23,24). The van der Waals surface area contributed by atoms with Crippen LogP contribution >= 0.6 is 0 Å². The Morgan fingerprint density at radius 2 is 1.74 bits per heavy atom. The van der Waals surface area contributed by atoms with E-state index < -0.39 is 11.7 Å². The van der Waals surface area contributed by atoms with Crippen molar-refractivity contribution in [3.05, 3.63) is 24.3 Å². The molecule has 1 aromatic carbocycles. The van der Waals surface area contributed by atoms with Crippen LogP contribution < -0.4 is 14.8 Å². The Bertz CT molecular complexity index is 547. The molecule has 1 rings (SSSR count). The summed E-state index contributed by atoms with van der Waals surface area (Å²) in [7, 11) is 0. The zero-order valence-electron chi connectivity index (χ0n) is 17.8. The molecule has 0 spiro atoms. The van der Waals surface area contributed by atoms with E-state index in [0.29, 0.717) is 12.5 Å². The summed E-state index contributed by atoms with van der Waals surface area (Å²) in [4.78, 5) is 11.7. The molecule has 1 aromatic rings. The van der Waals surface area contributed by atoms with Gasteiger partial charge in [0.2, 0.25) is 0 Å². The maximum absolute atomic E-state index is 11.7. The van der Waals surface area contributed by atoms with Crippen molar-refractivity contribution in [2.24, 2.45) is 5.92 Å². The molecule has 0 saturated carbocycles. The van der Waals surface area contributed by atoms with Gasteiger partial charge in [0.25, 0.3) is 0 Å². The van der Waals surface area contributed by atoms with Gasteiger partial charge in [0, 0.05) is 6.07 Å². The van der Waals surface area contributed by atoms with Gasteiger partial charge in [-0.1, -0.05) is 32.8 Å². The number of ether oxygens (including phenoxy) is 3. The van der Waals surface area contributed by atoms with Crippen molar-refractivity contribution in [1.29, 1.82) is 0 Å². The summed E-state index contributed by atoms with van der Waals surface area (Å²) in [6.07, 6.45) is 4.13. The number of rotatable bonds is 11. The number of carbonyl (C=O) groups is 1. The molecule has 1 amide bonds. The zero-order chi connectivity index (χ0) is 20.3. The summed E-state index contributed by atoms with van der Waals surface area (Å²) in [6.45, 7) is 12.9. The first kappa shape index (κ1) is 23.1. The number of hydrogen-bond acceptors (Lipinski definition) is 4. The van der Waals surface area contributed by atoms with Gasteiger partial charge < -0.3 is 19.5 Å². The Labute approximate surface area is 164 Å². The molecule has 0 aliphatic heterocycles. The molecule has 5 nitrogen and oxygen atoms in total. The van der Waals surface area contributed by atoms with Crippen LogP contribution in [0.1, 0.15) is 67.2 Å². The van der Waals surface area contributed by atoms with E-state index in [1.807, 2.05) is 52.0 Å². The first-order chi connectivity index (χ1) is 12.7. The third-order valence-electron chi connectivity index (χ3n) is 3.96. The van der Waals surface area contributed by atoms with Gasteiger partial charge in [-0.05, 0) is 58.6 Å². The van der Waals surface area contributed by atoms with Crippen LogP contribution in [0.15, 0.2) is 24.3 Å². The van der Waals surface area contributed by atoms with Crippen molar-refractivity contribution < 1.29 is 19.0 Å². The highest BCUT2D eigenvalue weighted by Gasteiger charge is 2.17. The molecule has 0 saturated heterocycles.